The van der Waals surface area contributed by atoms with Crippen LogP contribution in [0.5, 0.6) is 0 Å². The van der Waals surface area contributed by atoms with Crippen molar-refractivity contribution in [2.24, 2.45) is 0 Å². The van der Waals surface area contributed by atoms with Crippen molar-refractivity contribution < 1.29 is 4.79 Å². The van der Waals surface area contributed by atoms with Crippen LogP contribution in [0.2, 0.25) is 0 Å². The second kappa shape index (κ2) is 7.17. The maximum Gasteiger partial charge on any atom is 0.234 e. The van der Waals surface area contributed by atoms with Gasteiger partial charge in [0.05, 0.1) is 6.54 Å². The summed E-state index contributed by atoms with van der Waals surface area (Å²) in [5.41, 5.74) is 0. The van der Waals surface area contributed by atoms with E-state index in [9.17, 15) is 4.79 Å². The molecule has 1 saturated carbocycles. The molecule has 4 heteroatoms. The number of hydrogen-bond acceptors (Lipinski definition) is 3. The zero-order valence-corrected chi connectivity index (χ0v) is 11.4. The van der Waals surface area contributed by atoms with Gasteiger partial charge < -0.3 is 10.6 Å². The molecule has 2 N–H and O–H groups in total. The van der Waals surface area contributed by atoms with Crippen LogP contribution in [0.3, 0.4) is 0 Å². The van der Waals surface area contributed by atoms with E-state index in [4.69, 9.17) is 0 Å². The van der Waals surface area contributed by atoms with Crippen molar-refractivity contribution >= 4 is 17.7 Å². The fourth-order valence-electron chi connectivity index (χ4n) is 2.00. The Morgan fingerprint density at radius 2 is 2.25 bits per heavy atom. The molecule has 94 valence electrons. The molecule has 1 rings (SSSR count). The first-order valence-corrected chi connectivity index (χ1v) is 7.50. The molecule has 1 aliphatic rings. The Morgan fingerprint density at radius 3 is 2.81 bits per heavy atom. The van der Waals surface area contributed by atoms with E-state index < -0.39 is 0 Å². The van der Waals surface area contributed by atoms with Gasteiger partial charge in [-0.25, -0.2) is 0 Å². The first-order chi connectivity index (χ1) is 7.65. The normalized spacial score (nSPS) is 26.7. The molecule has 0 bridgehead atoms. The van der Waals surface area contributed by atoms with E-state index in [2.05, 4.69) is 23.8 Å². The first-order valence-electron chi connectivity index (χ1n) is 6.21. The maximum atomic E-state index is 11.5. The zero-order chi connectivity index (χ0) is 12.0. The lowest BCUT2D eigenvalue weighted by atomic mass is 10.2. The molecular weight excluding hydrogens is 220 g/mol. The summed E-state index contributed by atoms with van der Waals surface area (Å²) >= 11 is 1.94. The van der Waals surface area contributed by atoms with Gasteiger partial charge in [-0.3, -0.25) is 4.79 Å². The van der Waals surface area contributed by atoms with Crippen LogP contribution in [-0.2, 0) is 4.79 Å². The van der Waals surface area contributed by atoms with Crippen LogP contribution < -0.4 is 10.6 Å². The fourth-order valence-corrected chi connectivity index (χ4v) is 2.80. The summed E-state index contributed by atoms with van der Waals surface area (Å²) in [4.78, 5) is 11.5. The molecule has 3 nitrogen and oxygen atoms in total. The Bertz CT molecular complexity index is 223. The molecule has 0 radical (unpaired) electrons. The van der Waals surface area contributed by atoms with Gasteiger partial charge in [0.25, 0.3) is 0 Å². The van der Waals surface area contributed by atoms with E-state index in [1.807, 2.05) is 18.7 Å². The lowest BCUT2D eigenvalue weighted by Gasteiger charge is -2.15. The third kappa shape index (κ3) is 4.74. The Kier molecular flexibility index (Phi) is 6.21. The van der Waals surface area contributed by atoms with Crippen LogP contribution in [0.1, 0.15) is 39.5 Å². The molecule has 0 heterocycles. The van der Waals surface area contributed by atoms with Crippen molar-refractivity contribution in [1.82, 2.24) is 10.6 Å². The summed E-state index contributed by atoms with van der Waals surface area (Å²) in [6.07, 6.45) is 6.86. The molecule has 0 spiro atoms. The van der Waals surface area contributed by atoms with Gasteiger partial charge in [-0.1, -0.05) is 6.92 Å². The van der Waals surface area contributed by atoms with Crippen molar-refractivity contribution in [3.8, 4) is 0 Å². The van der Waals surface area contributed by atoms with Gasteiger partial charge in [0.1, 0.15) is 0 Å². The number of nitrogens with one attached hydrogen (secondary N) is 2. The van der Waals surface area contributed by atoms with Gasteiger partial charge in [-0.2, -0.15) is 11.8 Å². The number of hydrogen-bond donors (Lipinski definition) is 2. The van der Waals surface area contributed by atoms with Crippen LogP contribution in [-0.4, -0.2) is 36.0 Å². The second-order valence-electron chi connectivity index (χ2n) is 4.63. The molecule has 0 aromatic carbocycles. The molecular formula is C12H24N2OS. The van der Waals surface area contributed by atoms with E-state index >= 15 is 0 Å². The third-order valence-corrected chi connectivity index (χ3v) is 4.38. The summed E-state index contributed by atoms with van der Waals surface area (Å²) < 4.78 is 0. The average Bonchev–Trinajstić information content (AvgIpc) is 2.74. The van der Waals surface area contributed by atoms with Gasteiger partial charge >= 0.3 is 0 Å². The number of carbonyl (C=O) groups excluding carboxylic acids is 1. The predicted octanol–water partition coefficient (Wildman–Crippen LogP) is 1.77. The van der Waals surface area contributed by atoms with Crippen molar-refractivity contribution in [2.75, 3.05) is 12.8 Å². The van der Waals surface area contributed by atoms with Crippen LogP contribution in [0.15, 0.2) is 0 Å². The third-order valence-electron chi connectivity index (χ3n) is 3.29. The number of rotatable bonds is 6. The zero-order valence-electron chi connectivity index (χ0n) is 10.6. The van der Waals surface area contributed by atoms with Crippen LogP contribution in [0.25, 0.3) is 0 Å². The first kappa shape index (κ1) is 13.8. The summed E-state index contributed by atoms with van der Waals surface area (Å²) in [7, 11) is 0. The van der Waals surface area contributed by atoms with Crippen LogP contribution in [0.4, 0.5) is 0 Å². The average molecular weight is 244 g/mol. The number of carbonyl (C=O) groups is 1. The van der Waals surface area contributed by atoms with Gasteiger partial charge in [-0.05, 0) is 38.9 Å². The van der Waals surface area contributed by atoms with E-state index in [0.29, 0.717) is 12.6 Å². The Balaban J connectivity index is 2.13. The highest BCUT2D eigenvalue weighted by atomic mass is 32.2. The van der Waals surface area contributed by atoms with Crippen molar-refractivity contribution in [3.63, 3.8) is 0 Å². The van der Waals surface area contributed by atoms with Gasteiger partial charge in [-0.15, -0.1) is 0 Å². The molecule has 0 aliphatic heterocycles. The molecule has 16 heavy (non-hydrogen) atoms. The van der Waals surface area contributed by atoms with E-state index in [1.165, 1.54) is 19.3 Å². The molecule has 0 aromatic rings. The highest BCUT2D eigenvalue weighted by Gasteiger charge is 2.23. The highest BCUT2D eigenvalue weighted by Crippen LogP contribution is 2.27. The topological polar surface area (TPSA) is 41.1 Å². The van der Waals surface area contributed by atoms with Gasteiger partial charge in [0, 0.05) is 17.3 Å². The van der Waals surface area contributed by atoms with E-state index in [-0.39, 0.29) is 11.9 Å². The largest absolute Gasteiger partial charge is 0.353 e. The minimum atomic E-state index is 0.127. The summed E-state index contributed by atoms with van der Waals surface area (Å²) in [6, 6.07) is 0.831. The molecule has 0 aromatic heterocycles. The lowest BCUT2D eigenvalue weighted by Crippen LogP contribution is -2.41. The standard InChI is InChI=1S/C12H24N2OS/c1-4-9(2)14-12(15)8-13-10-5-6-11(7-10)16-3/h9-11,13H,4-8H2,1-3H3,(H,14,15). The molecule has 3 unspecified atom stereocenters. The van der Waals surface area contributed by atoms with Gasteiger partial charge in [0.15, 0.2) is 0 Å². The lowest BCUT2D eigenvalue weighted by molar-refractivity contribution is -0.121. The minimum absolute atomic E-state index is 0.127. The maximum absolute atomic E-state index is 11.5. The monoisotopic (exact) mass is 244 g/mol. The SMILES string of the molecule is CCC(C)NC(=O)CNC1CCC(SC)C1. The highest BCUT2D eigenvalue weighted by molar-refractivity contribution is 7.99. The fraction of sp³-hybridized carbons (Fsp3) is 0.917. The van der Waals surface area contributed by atoms with Crippen molar-refractivity contribution in [1.29, 1.82) is 0 Å². The second-order valence-corrected chi connectivity index (χ2v) is 5.76. The van der Waals surface area contributed by atoms with E-state index in [1.54, 1.807) is 0 Å². The summed E-state index contributed by atoms with van der Waals surface area (Å²) in [6.45, 7) is 4.59. The minimum Gasteiger partial charge on any atom is -0.353 e. The smallest absolute Gasteiger partial charge is 0.234 e. The number of amides is 1. The molecule has 1 aliphatic carbocycles. The van der Waals surface area contributed by atoms with Gasteiger partial charge in [0.2, 0.25) is 5.91 Å². The molecule has 1 fully saturated rings. The molecule has 3 atom stereocenters. The Labute approximate surface area is 103 Å². The Morgan fingerprint density at radius 1 is 1.50 bits per heavy atom. The number of thioether (sulfide) groups is 1. The van der Waals surface area contributed by atoms with Crippen molar-refractivity contribution in [2.45, 2.75) is 56.9 Å². The predicted molar refractivity (Wildman–Crippen MR) is 70.8 cm³/mol. The van der Waals surface area contributed by atoms with Crippen molar-refractivity contribution in [3.05, 3.63) is 0 Å². The summed E-state index contributed by atoms with van der Waals surface area (Å²) in [5.74, 6) is 0.127. The van der Waals surface area contributed by atoms with Crippen LogP contribution >= 0.6 is 11.8 Å². The summed E-state index contributed by atoms with van der Waals surface area (Å²) in [5, 5.41) is 7.11. The van der Waals surface area contributed by atoms with E-state index in [0.717, 1.165) is 11.7 Å². The van der Waals surface area contributed by atoms with Crippen LogP contribution in [0, 0.1) is 0 Å². The Hall–Kier alpha value is -0.220. The quantitative estimate of drug-likeness (QED) is 0.748. The molecule has 1 amide bonds. The molecule has 0 saturated heterocycles.